The molecule has 1 atom stereocenters. The van der Waals surface area contributed by atoms with Gasteiger partial charge in [-0.1, -0.05) is 26.0 Å². The number of nitrogen functional groups attached to an aromatic ring is 1. The van der Waals surface area contributed by atoms with Crippen LogP contribution in [0, 0.1) is 6.92 Å². The van der Waals surface area contributed by atoms with Gasteiger partial charge in [-0.25, -0.2) is 4.98 Å². The van der Waals surface area contributed by atoms with Gasteiger partial charge in [-0.05, 0) is 58.5 Å². The molecule has 0 bridgehead atoms. The van der Waals surface area contributed by atoms with E-state index in [1.165, 1.54) is 5.56 Å². The van der Waals surface area contributed by atoms with E-state index >= 15 is 0 Å². The lowest BCUT2D eigenvalue weighted by atomic mass is 9.99. The minimum absolute atomic E-state index is 0.535. The van der Waals surface area contributed by atoms with Gasteiger partial charge in [0.25, 0.3) is 0 Å². The van der Waals surface area contributed by atoms with Crippen LogP contribution in [0.2, 0.25) is 0 Å². The zero-order valence-electron chi connectivity index (χ0n) is 12.0. The number of nitrogens with two attached hydrogens (primary N) is 1. The Bertz CT molecular complexity index is 596. The van der Waals surface area contributed by atoms with Gasteiger partial charge in [0.1, 0.15) is 5.75 Å². The lowest BCUT2D eigenvalue weighted by Gasteiger charge is -2.12. The highest BCUT2D eigenvalue weighted by Crippen LogP contribution is 2.33. The van der Waals surface area contributed by atoms with Crippen LogP contribution in [0.3, 0.4) is 0 Å². The molecule has 3 nitrogen and oxygen atoms in total. The number of halogens is 1. The molecule has 1 aromatic heterocycles. The fourth-order valence-corrected chi connectivity index (χ4v) is 2.26. The van der Waals surface area contributed by atoms with Crippen LogP contribution in [0.15, 0.2) is 34.9 Å². The van der Waals surface area contributed by atoms with Crippen LogP contribution in [0.5, 0.6) is 11.6 Å². The number of pyridine rings is 1. The van der Waals surface area contributed by atoms with Crippen molar-refractivity contribution in [2.45, 2.75) is 33.1 Å². The number of aromatic nitrogens is 1. The van der Waals surface area contributed by atoms with E-state index in [1.807, 2.05) is 19.1 Å². The van der Waals surface area contributed by atoms with Crippen molar-refractivity contribution in [3.63, 3.8) is 0 Å². The maximum Gasteiger partial charge on any atom is 0.233 e. The molecule has 0 amide bonds. The fourth-order valence-electron chi connectivity index (χ4n) is 1.85. The van der Waals surface area contributed by atoms with E-state index in [2.05, 4.69) is 46.9 Å². The number of ether oxygens (including phenoxy) is 1. The van der Waals surface area contributed by atoms with Gasteiger partial charge in [-0.3, -0.25) is 0 Å². The van der Waals surface area contributed by atoms with Crippen molar-refractivity contribution >= 4 is 21.6 Å². The minimum Gasteiger partial charge on any atom is -0.438 e. The lowest BCUT2D eigenvalue weighted by molar-refractivity contribution is 0.459. The van der Waals surface area contributed by atoms with Crippen LogP contribution in [-0.4, -0.2) is 4.98 Å². The molecular formula is C16H19BrN2O. The fraction of sp³-hybridized carbons (Fsp3) is 0.312. The van der Waals surface area contributed by atoms with Gasteiger partial charge in [-0.2, -0.15) is 0 Å². The molecule has 20 heavy (non-hydrogen) atoms. The number of nitrogens with zero attached hydrogens (tertiary/aromatic N) is 1. The number of hydrogen-bond donors (Lipinski definition) is 1. The van der Waals surface area contributed by atoms with E-state index in [0.29, 0.717) is 17.5 Å². The predicted molar refractivity (Wildman–Crippen MR) is 86.3 cm³/mol. The topological polar surface area (TPSA) is 48.1 Å². The molecule has 1 heterocycles. The molecule has 0 saturated carbocycles. The summed E-state index contributed by atoms with van der Waals surface area (Å²) in [6.07, 6.45) is 2.74. The molecule has 0 aliphatic carbocycles. The Hall–Kier alpha value is -1.55. The van der Waals surface area contributed by atoms with Crippen LogP contribution in [-0.2, 0) is 0 Å². The third-order valence-corrected chi connectivity index (χ3v) is 4.48. The van der Waals surface area contributed by atoms with Crippen LogP contribution in [0.1, 0.15) is 37.3 Å². The molecule has 1 unspecified atom stereocenters. The minimum atomic E-state index is 0.535. The third-order valence-electron chi connectivity index (χ3n) is 3.55. The molecule has 1 aromatic carbocycles. The first-order valence-electron chi connectivity index (χ1n) is 6.71. The second-order valence-electron chi connectivity index (χ2n) is 4.94. The molecule has 2 N–H and O–H groups in total. The molecule has 106 valence electrons. The summed E-state index contributed by atoms with van der Waals surface area (Å²) in [4.78, 5) is 4.21. The highest BCUT2D eigenvalue weighted by Gasteiger charge is 2.10. The average Bonchev–Trinajstić information content (AvgIpc) is 2.48. The predicted octanol–water partition coefficient (Wildman–Crippen LogP) is 5.04. The maximum atomic E-state index is 5.80. The Labute approximate surface area is 128 Å². The average molecular weight is 335 g/mol. The van der Waals surface area contributed by atoms with Gasteiger partial charge < -0.3 is 10.5 Å². The molecule has 0 spiro atoms. The lowest BCUT2D eigenvalue weighted by Crippen LogP contribution is -1.97. The number of rotatable bonds is 4. The van der Waals surface area contributed by atoms with Gasteiger partial charge in [0.15, 0.2) is 0 Å². The third kappa shape index (κ3) is 3.12. The number of anilines is 1. The van der Waals surface area contributed by atoms with Crippen LogP contribution < -0.4 is 10.5 Å². The summed E-state index contributed by atoms with van der Waals surface area (Å²) in [6, 6.07) is 8.14. The smallest absolute Gasteiger partial charge is 0.233 e. The van der Waals surface area contributed by atoms with Crippen molar-refractivity contribution in [2.24, 2.45) is 0 Å². The maximum absolute atomic E-state index is 5.80. The Morgan fingerprint density at radius 2 is 1.95 bits per heavy atom. The van der Waals surface area contributed by atoms with Crippen molar-refractivity contribution in [2.75, 3.05) is 5.73 Å². The van der Waals surface area contributed by atoms with Crippen molar-refractivity contribution in [1.29, 1.82) is 0 Å². The van der Waals surface area contributed by atoms with Gasteiger partial charge in [0.05, 0.1) is 16.4 Å². The quantitative estimate of drug-likeness (QED) is 0.851. The molecule has 0 aliphatic rings. The summed E-state index contributed by atoms with van der Waals surface area (Å²) < 4.78 is 6.59. The second-order valence-corrected chi connectivity index (χ2v) is 5.73. The molecule has 0 radical (unpaired) electrons. The first kappa shape index (κ1) is 14.9. The molecule has 2 rings (SSSR count). The van der Waals surface area contributed by atoms with E-state index in [-0.39, 0.29) is 0 Å². The zero-order chi connectivity index (χ0) is 14.7. The molecule has 0 saturated heterocycles. The summed E-state index contributed by atoms with van der Waals surface area (Å²) in [5.41, 5.74) is 8.71. The number of benzene rings is 1. The van der Waals surface area contributed by atoms with Crippen molar-refractivity contribution in [3.05, 3.63) is 46.1 Å². The van der Waals surface area contributed by atoms with E-state index in [9.17, 15) is 0 Å². The van der Waals surface area contributed by atoms with Crippen LogP contribution in [0.4, 0.5) is 5.69 Å². The monoisotopic (exact) mass is 334 g/mol. The Kier molecular flexibility index (Phi) is 4.65. The standard InChI is InChI=1S/C16H19BrN2O/c1-4-10(2)12-5-7-13(8-6-12)20-16-15(17)11(3)14(18)9-19-16/h5-10H,4,18H2,1-3H3. The van der Waals surface area contributed by atoms with E-state index in [0.717, 1.165) is 22.2 Å². The Morgan fingerprint density at radius 3 is 2.55 bits per heavy atom. The second kappa shape index (κ2) is 6.27. The Morgan fingerprint density at radius 1 is 1.30 bits per heavy atom. The van der Waals surface area contributed by atoms with Crippen LogP contribution in [0.25, 0.3) is 0 Å². The van der Waals surface area contributed by atoms with E-state index in [4.69, 9.17) is 10.5 Å². The van der Waals surface area contributed by atoms with Gasteiger partial charge in [0, 0.05) is 0 Å². The van der Waals surface area contributed by atoms with E-state index < -0.39 is 0 Å². The first-order valence-corrected chi connectivity index (χ1v) is 7.50. The van der Waals surface area contributed by atoms with Crippen molar-refractivity contribution in [1.82, 2.24) is 4.98 Å². The molecule has 0 fully saturated rings. The molecule has 0 aliphatic heterocycles. The molecule has 2 aromatic rings. The van der Waals surface area contributed by atoms with Crippen molar-refractivity contribution < 1.29 is 4.74 Å². The summed E-state index contributed by atoms with van der Waals surface area (Å²) in [7, 11) is 0. The summed E-state index contributed by atoms with van der Waals surface area (Å²) in [6.45, 7) is 6.34. The van der Waals surface area contributed by atoms with Gasteiger partial charge >= 0.3 is 0 Å². The van der Waals surface area contributed by atoms with E-state index in [1.54, 1.807) is 6.20 Å². The largest absolute Gasteiger partial charge is 0.438 e. The van der Waals surface area contributed by atoms with Crippen LogP contribution >= 0.6 is 15.9 Å². The first-order chi connectivity index (χ1) is 9.52. The summed E-state index contributed by atoms with van der Waals surface area (Å²) in [5, 5.41) is 0. The Balaban J connectivity index is 2.20. The highest BCUT2D eigenvalue weighted by molar-refractivity contribution is 9.10. The molecular weight excluding hydrogens is 316 g/mol. The SMILES string of the molecule is CCC(C)c1ccc(Oc2ncc(N)c(C)c2Br)cc1. The zero-order valence-corrected chi connectivity index (χ0v) is 13.6. The highest BCUT2D eigenvalue weighted by atomic mass is 79.9. The normalized spacial score (nSPS) is 12.2. The van der Waals surface area contributed by atoms with Crippen molar-refractivity contribution in [3.8, 4) is 11.6 Å². The van der Waals surface area contributed by atoms with Gasteiger partial charge in [-0.15, -0.1) is 0 Å². The number of hydrogen-bond acceptors (Lipinski definition) is 3. The summed E-state index contributed by atoms with van der Waals surface area (Å²) in [5.74, 6) is 1.87. The van der Waals surface area contributed by atoms with Gasteiger partial charge in [0.2, 0.25) is 5.88 Å². The molecule has 4 heteroatoms. The summed E-state index contributed by atoms with van der Waals surface area (Å²) >= 11 is 3.47.